The van der Waals surface area contributed by atoms with E-state index in [0.29, 0.717) is 36.2 Å². The monoisotopic (exact) mass is 408 g/mol. The highest BCUT2D eigenvalue weighted by Gasteiger charge is 2.48. The molecule has 2 aliphatic rings. The summed E-state index contributed by atoms with van der Waals surface area (Å²) < 4.78 is 5.29. The molecule has 1 atom stereocenters. The number of pyridine rings is 1. The maximum Gasteiger partial charge on any atom is 0.412 e. The normalized spacial score (nSPS) is 21.3. The summed E-state index contributed by atoms with van der Waals surface area (Å²) in [5.41, 5.74) is -0.287. The van der Waals surface area contributed by atoms with E-state index in [1.807, 2.05) is 11.8 Å². The van der Waals surface area contributed by atoms with Crippen LogP contribution in [0.3, 0.4) is 0 Å². The Labute approximate surface area is 171 Å². The average Bonchev–Trinajstić information content (AvgIpc) is 3.33. The standard InChI is InChI=1S/C20H29ClN4O3/c1-13-12-24(17(26)20(5)6-7-20)8-9-25(13)16-10-15(14(21)11-22-16)23-18(27)28-19(2,3)4/h10-11,13H,6-9,12H2,1-5H3,(H,22,23,27). The third-order valence-corrected chi connectivity index (χ3v) is 5.50. The van der Waals surface area contributed by atoms with Crippen LogP contribution in [0.2, 0.25) is 5.02 Å². The van der Waals surface area contributed by atoms with Gasteiger partial charge >= 0.3 is 6.09 Å². The van der Waals surface area contributed by atoms with E-state index in [1.54, 1.807) is 26.8 Å². The van der Waals surface area contributed by atoms with Crippen LogP contribution >= 0.6 is 11.6 Å². The van der Waals surface area contributed by atoms with Gasteiger partial charge in [0.05, 0.1) is 16.9 Å². The van der Waals surface area contributed by atoms with Crippen molar-refractivity contribution in [1.29, 1.82) is 0 Å². The van der Waals surface area contributed by atoms with E-state index in [1.165, 1.54) is 6.20 Å². The van der Waals surface area contributed by atoms with Crippen molar-refractivity contribution in [2.75, 3.05) is 29.9 Å². The number of nitrogens with one attached hydrogen (secondary N) is 1. The van der Waals surface area contributed by atoms with Crippen LogP contribution in [0, 0.1) is 5.41 Å². The molecule has 0 aromatic carbocycles. The number of halogens is 1. The van der Waals surface area contributed by atoms with E-state index in [9.17, 15) is 9.59 Å². The molecule has 1 saturated carbocycles. The van der Waals surface area contributed by atoms with Crippen molar-refractivity contribution >= 4 is 35.1 Å². The number of hydrogen-bond acceptors (Lipinski definition) is 5. The second kappa shape index (κ2) is 7.43. The number of carbonyl (C=O) groups is 2. The Morgan fingerprint density at radius 1 is 1.32 bits per heavy atom. The lowest BCUT2D eigenvalue weighted by atomic mass is 10.1. The number of aromatic nitrogens is 1. The maximum atomic E-state index is 12.6. The van der Waals surface area contributed by atoms with Crippen molar-refractivity contribution < 1.29 is 14.3 Å². The number of carbonyl (C=O) groups excluding carboxylic acids is 2. The molecular weight excluding hydrogens is 380 g/mol. The zero-order valence-corrected chi connectivity index (χ0v) is 18.0. The molecule has 2 heterocycles. The van der Waals surface area contributed by atoms with Crippen molar-refractivity contribution in [3.8, 4) is 0 Å². The van der Waals surface area contributed by atoms with Gasteiger partial charge in [0.2, 0.25) is 5.91 Å². The molecule has 7 nitrogen and oxygen atoms in total. The molecule has 1 saturated heterocycles. The fourth-order valence-corrected chi connectivity index (χ4v) is 3.51. The lowest BCUT2D eigenvalue weighted by molar-refractivity contribution is -0.137. The Morgan fingerprint density at radius 2 is 2.00 bits per heavy atom. The maximum absolute atomic E-state index is 12.6. The lowest BCUT2D eigenvalue weighted by Gasteiger charge is -2.41. The van der Waals surface area contributed by atoms with Gasteiger partial charge in [0.25, 0.3) is 0 Å². The van der Waals surface area contributed by atoms with Crippen LogP contribution in [0.25, 0.3) is 0 Å². The minimum atomic E-state index is -0.595. The topological polar surface area (TPSA) is 74.8 Å². The first kappa shape index (κ1) is 20.7. The Bertz CT molecular complexity index is 773. The number of hydrogen-bond donors (Lipinski definition) is 1. The molecule has 1 aromatic rings. The summed E-state index contributed by atoms with van der Waals surface area (Å²) in [6.45, 7) is 11.5. The Balaban J connectivity index is 1.68. The Morgan fingerprint density at radius 3 is 2.57 bits per heavy atom. The van der Waals surface area contributed by atoms with Crippen molar-refractivity contribution in [2.24, 2.45) is 5.41 Å². The zero-order chi connectivity index (χ0) is 20.7. The molecule has 1 aliphatic carbocycles. The van der Waals surface area contributed by atoms with Gasteiger partial charge in [-0.2, -0.15) is 0 Å². The first-order valence-corrected chi connectivity index (χ1v) is 10.1. The minimum absolute atomic E-state index is 0.114. The van der Waals surface area contributed by atoms with Gasteiger partial charge in [0.1, 0.15) is 11.4 Å². The van der Waals surface area contributed by atoms with Crippen LogP contribution < -0.4 is 10.2 Å². The summed E-state index contributed by atoms with van der Waals surface area (Å²) in [7, 11) is 0. The SMILES string of the molecule is CC1CN(C(=O)C2(C)CC2)CCN1c1cc(NC(=O)OC(C)(C)C)c(Cl)cn1. The van der Waals surface area contributed by atoms with E-state index in [2.05, 4.69) is 22.1 Å². The molecule has 0 bridgehead atoms. The number of piperazine rings is 1. The van der Waals surface area contributed by atoms with Crippen LogP contribution in [0.1, 0.15) is 47.5 Å². The first-order chi connectivity index (χ1) is 13.0. The highest BCUT2D eigenvalue weighted by atomic mass is 35.5. The third-order valence-electron chi connectivity index (χ3n) is 5.20. The predicted octanol–water partition coefficient (Wildman–Crippen LogP) is 3.92. The molecule has 1 N–H and O–H groups in total. The number of anilines is 2. The summed E-state index contributed by atoms with van der Waals surface area (Å²) in [6, 6.07) is 1.87. The molecule has 0 radical (unpaired) electrons. The molecule has 8 heteroatoms. The lowest BCUT2D eigenvalue weighted by Crippen LogP contribution is -2.55. The van der Waals surface area contributed by atoms with E-state index >= 15 is 0 Å². The molecule has 1 unspecified atom stereocenters. The molecule has 1 aromatic heterocycles. The van der Waals surface area contributed by atoms with Crippen LogP contribution in [0.5, 0.6) is 0 Å². The van der Waals surface area contributed by atoms with Crippen LogP contribution in [-0.4, -0.2) is 53.2 Å². The number of rotatable bonds is 3. The predicted molar refractivity (Wildman–Crippen MR) is 110 cm³/mol. The molecule has 0 spiro atoms. The number of amides is 2. The fourth-order valence-electron chi connectivity index (χ4n) is 3.36. The molecular formula is C20H29ClN4O3. The first-order valence-electron chi connectivity index (χ1n) is 9.70. The molecule has 28 heavy (non-hydrogen) atoms. The fraction of sp³-hybridized carbons (Fsp3) is 0.650. The Hall–Kier alpha value is -2.02. The molecule has 1 aliphatic heterocycles. The molecule has 2 fully saturated rings. The van der Waals surface area contributed by atoms with E-state index in [4.69, 9.17) is 16.3 Å². The quantitative estimate of drug-likeness (QED) is 0.820. The second-order valence-corrected chi connectivity index (χ2v) is 9.41. The van der Waals surface area contributed by atoms with Crippen molar-refractivity contribution in [3.05, 3.63) is 17.3 Å². The van der Waals surface area contributed by atoms with Gasteiger partial charge in [-0.15, -0.1) is 0 Å². The van der Waals surface area contributed by atoms with E-state index in [0.717, 1.165) is 12.8 Å². The third kappa shape index (κ3) is 4.69. The van der Waals surface area contributed by atoms with Gasteiger partial charge in [0, 0.05) is 37.2 Å². The van der Waals surface area contributed by atoms with Gasteiger partial charge in [0.15, 0.2) is 0 Å². The molecule has 3 rings (SSSR count). The van der Waals surface area contributed by atoms with Gasteiger partial charge in [-0.25, -0.2) is 9.78 Å². The zero-order valence-electron chi connectivity index (χ0n) is 17.2. The number of ether oxygens (including phenoxy) is 1. The van der Waals surface area contributed by atoms with Gasteiger partial charge < -0.3 is 14.5 Å². The second-order valence-electron chi connectivity index (χ2n) is 9.00. The molecule has 2 amide bonds. The van der Waals surface area contributed by atoms with Crippen LogP contribution in [0.15, 0.2) is 12.3 Å². The largest absolute Gasteiger partial charge is 0.444 e. The minimum Gasteiger partial charge on any atom is -0.444 e. The van der Waals surface area contributed by atoms with Crippen molar-refractivity contribution in [1.82, 2.24) is 9.88 Å². The highest BCUT2D eigenvalue weighted by Crippen LogP contribution is 2.46. The van der Waals surface area contributed by atoms with E-state index in [-0.39, 0.29) is 17.4 Å². The van der Waals surface area contributed by atoms with E-state index < -0.39 is 11.7 Å². The smallest absolute Gasteiger partial charge is 0.412 e. The average molecular weight is 409 g/mol. The molecule has 154 valence electrons. The summed E-state index contributed by atoms with van der Waals surface area (Å²) in [5.74, 6) is 0.975. The summed E-state index contributed by atoms with van der Waals surface area (Å²) in [5, 5.41) is 3.04. The summed E-state index contributed by atoms with van der Waals surface area (Å²) in [4.78, 5) is 33.2. The summed E-state index contributed by atoms with van der Waals surface area (Å²) in [6.07, 6.45) is 2.93. The van der Waals surface area contributed by atoms with Gasteiger partial charge in [-0.1, -0.05) is 18.5 Å². The van der Waals surface area contributed by atoms with Gasteiger partial charge in [-0.3, -0.25) is 10.1 Å². The Kier molecular flexibility index (Phi) is 5.49. The van der Waals surface area contributed by atoms with Gasteiger partial charge in [-0.05, 0) is 40.5 Å². The number of nitrogens with zero attached hydrogens (tertiary/aromatic N) is 3. The van der Waals surface area contributed by atoms with Crippen molar-refractivity contribution in [2.45, 2.75) is 59.1 Å². The van der Waals surface area contributed by atoms with Crippen molar-refractivity contribution in [3.63, 3.8) is 0 Å². The van der Waals surface area contributed by atoms with Crippen LogP contribution in [0.4, 0.5) is 16.3 Å². The highest BCUT2D eigenvalue weighted by molar-refractivity contribution is 6.33. The summed E-state index contributed by atoms with van der Waals surface area (Å²) >= 11 is 6.20. The van der Waals surface area contributed by atoms with Crippen LogP contribution in [-0.2, 0) is 9.53 Å².